The van der Waals surface area contributed by atoms with E-state index < -0.39 is 8.07 Å². The van der Waals surface area contributed by atoms with Crippen molar-refractivity contribution >= 4 is 8.07 Å². The Kier molecular flexibility index (Phi) is 5.23. The number of rotatable bonds is 6. The van der Waals surface area contributed by atoms with E-state index in [1.807, 2.05) is 0 Å². The molecule has 0 rings (SSSR count). The highest BCUT2D eigenvalue weighted by Crippen LogP contribution is 2.10. The Morgan fingerprint density at radius 1 is 1.00 bits per heavy atom. The fourth-order valence-electron chi connectivity index (χ4n) is 2.15. The van der Waals surface area contributed by atoms with E-state index in [4.69, 9.17) is 0 Å². The third-order valence-corrected chi connectivity index (χ3v) is 4.07. The van der Waals surface area contributed by atoms with Crippen molar-refractivity contribution in [2.24, 2.45) is 0 Å². The normalized spacial score (nSPS) is 13.4. The summed E-state index contributed by atoms with van der Waals surface area (Å²) in [6.07, 6.45) is 5.55. The SMILES string of the molecule is CCCCC[N+](C)(C)C[Si](C)(C)C. The molecular formula is C11H28NSi+. The summed E-state index contributed by atoms with van der Waals surface area (Å²) in [4.78, 5) is 0. The Hall–Kier alpha value is 0.177. The molecule has 0 aromatic heterocycles. The van der Waals surface area contributed by atoms with Crippen LogP contribution in [0.2, 0.25) is 19.6 Å². The second kappa shape index (κ2) is 5.16. The van der Waals surface area contributed by atoms with Crippen LogP contribution in [0.15, 0.2) is 0 Å². The monoisotopic (exact) mass is 202 g/mol. The van der Waals surface area contributed by atoms with Crippen molar-refractivity contribution in [3.05, 3.63) is 0 Å². The summed E-state index contributed by atoms with van der Waals surface area (Å²) in [6, 6.07) is 0. The molecule has 2 heteroatoms. The van der Waals surface area contributed by atoms with Crippen molar-refractivity contribution in [1.29, 1.82) is 0 Å². The molecule has 0 bridgehead atoms. The zero-order chi connectivity index (χ0) is 10.5. The van der Waals surface area contributed by atoms with Crippen LogP contribution in [-0.2, 0) is 0 Å². The summed E-state index contributed by atoms with van der Waals surface area (Å²) in [6.45, 7) is 11.0. The van der Waals surface area contributed by atoms with Crippen molar-refractivity contribution in [3.63, 3.8) is 0 Å². The van der Waals surface area contributed by atoms with E-state index in [1.165, 1.54) is 36.5 Å². The average Bonchev–Trinajstić information content (AvgIpc) is 1.81. The van der Waals surface area contributed by atoms with E-state index in [0.717, 1.165) is 0 Å². The molecule has 0 saturated carbocycles. The Bertz CT molecular complexity index is 136. The predicted molar refractivity (Wildman–Crippen MR) is 64.7 cm³/mol. The maximum atomic E-state index is 2.47. The zero-order valence-electron chi connectivity index (χ0n) is 10.5. The van der Waals surface area contributed by atoms with Gasteiger partial charge in [0.25, 0.3) is 0 Å². The fraction of sp³-hybridized carbons (Fsp3) is 1.00. The van der Waals surface area contributed by atoms with Gasteiger partial charge < -0.3 is 4.48 Å². The Morgan fingerprint density at radius 2 is 1.54 bits per heavy atom. The molecule has 1 nitrogen and oxygen atoms in total. The molecule has 0 saturated heterocycles. The second-order valence-corrected chi connectivity index (χ2v) is 11.5. The molecule has 0 atom stereocenters. The molecule has 0 aliphatic heterocycles. The zero-order valence-corrected chi connectivity index (χ0v) is 11.5. The van der Waals surface area contributed by atoms with E-state index in [2.05, 4.69) is 40.7 Å². The lowest BCUT2D eigenvalue weighted by Crippen LogP contribution is -2.50. The van der Waals surface area contributed by atoms with Gasteiger partial charge in [0.2, 0.25) is 0 Å². The van der Waals surface area contributed by atoms with E-state index in [1.54, 1.807) is 0 Å². The molecule has 0 aromatic rings. The Balaban J connectivity index is 3.80. The molecule has 0 radical (unpaired) electrons. The lowest BCUT2D eigenvalue weighted by Gasteiger charge is -2.35. The van der Waals surface area contributed by atoms with Crippen LogP contribution in [0.1, 0.15) is 26.2 Å². The molecular weight excluding hydrogens is 174 g/mol. The average molecular weight is 202 g/mol. The molecule has 0 unspecified atom stereocenters. The highest BCUT2D eigenvalue weighted by atomic mass is 28.3. The summed E-state index contributed by atoms with van der Waals surface area (Å²) >= 11 is 0. The maximum absolute atomic E-state index is 2.47. The van der Waals surface area contributed by atoms with Crippen molar-refractivity contribution in [3.8, 4) is 0 Å². The lowest BCUT2D eigenvalue weighted by atomic mass is 10.2. The van der Waals surface area contributed by atoms with Gasteiger partial charge in [0, 0.05) is 0 Å². The molecule has 0 amide bonds. The van der Waals surface area contributed by atoms with Gasteiger partial charge in [-0.2, -0.15) is 0 Å². The van der Waals surface area contributed by atoms with Crippen LogP contribution in [0.25, 0.3) is 0 Å². The molecule has 0 heterocycles. The first-order valence-electron chi connectivity index (χ1n) is 5.59. The first kappa shape index (κ1) is 13.2. The molecule has 0 spiro atoms. The van der Waals surface area contributed by atoms with E-state index in [-0.39, 0.29) is 0 Å². The van der Waals surface area contributed by atoms with Gasteiger partial charge in [0.05, 0.1) is 26.8 Å². The van der Waals surface area contributed by atoms with Crippen molar-refractivity contribution in [1.82, 2.24) is 0 Å². The van der Waals surface area contributed by atoms with Crippen LogP contribution in [-0.4, -0.2) is 39.4 Å². The van der Waals surface area contributed by atoms with Crippen LogP contribution in [0.3, 0.4) is 0 Å². The third-order valence-electron chi connectivity index (χ3n) is 2.27. The van der Waals surface area contributed by atoms with Gasteiger partial charge in [-0.05, 0) is 12.8 Å². The quantitative estimate of drug-likeness (QED) is 0.353. The minimum absolute atomic E-state index is 0.881. The number of hydrogen-bond donors (Lipinski definition) is 0. The van der Waals surface area contributed by atoms with Crippen LogP contribution in [0.5, 0.6) is 0 Å². The first-order valence-corrected chi connectivity index (χ1v) is 9.29. The summed E-state index contributed by atoms with van der Waals surface area (Å²) in [5.41, 5.74) is 0. The van der Waals surface area contributed by atoms with E-state index in [0.29, 0.717) is 0 Å². The molecule has 13 heavy (non-hydrogen) atoms. The van der Waals surface area contributed by atoms with Crippen molar-refractivity contribution < 1.29 is 4.48 Å². The highest BCUT2D eigenvalue weighted by molar-refractivity contribution is 6.75. The standard InChI is InChI=1S/C11H28NSi/c1-7-8-9-10-12(2,3)11-13(4,5)6/h7-11H2,1-6H3/q+1. The van der Waals surface area contributed by atoms with E-state index >= 15 is 0 Å². The van der Waals surface area contributed by atoms with Crippen molar-refractivity contribution in [2.45, 2.75) is 45.8 Å². The van der Waals surface area contributed by atoms with Gasteiger partial charge in [-0.3, -0.25) is 0 Å². The molecule has 0 fully saturated rings. The number of nitrogens with zero attached hydrogens (tertiary/aromatic N) is 1. The smallest absolute Gasteiger partial charge is 0.110 e. The van der Waals surface area contributed by atoms with Crippen LogP contribution < -0.4 is 0 Å². The Labute approximate surface area is 85.7 Å². The summed E-state index contributed by atoms with van der Waals surface area (Å²) in [5.74, 6) is 0. The molecule has 0 aliphatic rings. The van der Waals surface area contributed by atoms with Crippen LogP contribution in [0, 0.1) is 0 Å². The van der Waals surface area contributed by atoms with Gasteiger partial charge in [-0.1, -0.05) is 33.0 Å². The van der Waals surface area contributed by atoms with Gasteiger partial charge >= 0.3 is 0 Å². The maximum Gasteiger partial charge on any atom is 0.110 e. The summed E-state index contributed by atoms with van der Waals surface area (Å²) in [7, 11) is 3.89. The third kappa shape index (κ3) is 8.51. The van der Waals surface area contributed by atoms with Crippen LogP contribution in [0.4, 0.5) is 0 Å². The first-order chi connectivity index (χ1) is 5.77. The van der Waals surface area contributed by atoms with Crippen molar-refractivity contribution in [2.75, 3.05) is 26.8 Å². The largest absolute Gasteiger partial charge is 0.332 e. The van der Waals surface area contributed by atoms with Gasteiger partial charge in [-0.25, -0.2) is 0 Å². The fourth-order valence-corrected chi connectivity index (χ4v) is 4.88. The Morgan fingerprint density at radius 3 is 1.92 bits per heavy atom. The molecule has 0 N–H and O–H groups in total. The number of unbranched alkanes of at least 4 members (excludes halogenated alkanes) is 2. The topological polar surface area (TPSA) is 0 Å². The number of quaternary nitrogens is 1. The second-order valence-electron chi connectivity index (χ2n) is 6.09. The van der Waals surface area contributed by atoms with Gasteiger partial charge in [0.15, 0.2) is 0 Å². The predicted octanol–water partition coefficient (Wildman–Crippen LogP) is 3.13. The van der Waals surface area contributed by atoms with E-state index in [9.17, 15) is 0 Å². The minimum Gasteiger partial charge on any atom is -0.332 e. The summed E-state index contributed by atoms with van der Waals surface area (Å²) < 4.78 is 1.23. The minimum atomic E-state index is -0.881. The summed E-state index contributed by atoms with van der Waals surface area (Å²) in [5, 5.41) is 0. The lowest BCUT2D eigenvalue weighted by molar-refractivity contribution is -0.880. The molecule has 0 aromatic carbocycles. The highest BCUT2D eigenvalue weighted by Gasteiger charge is 2.25. The molecule has 80 valence electrons. The van der Waals surface area contributed by atoms with Gasteiger partial charge in [0.1, 0.15) is 8.07 Å². The molecule has 0 aliphatic carbocycles. The van der Waals surface area contributed by atoms with Gasteiger partial charge in [-0.15, -0.1) is 0 Å². The van der Waals surface area contributed by atoms with Crippen LogP contribution >= 0.6 is 0 Å². The number of hydrogen-bond acceptors (Lipinski definition) is 0.